The monoisotopic (exact) mass is 251 g/mol. The second kappa shape index (κ2) is 6.78. The number of carbonyl (C=O) groups is 1. The van der Waals surface area contributed by atoms with Crippen LogP contribution in [0.25, 0.3) is 0 Å². The predicted octanol–water partition coefficient (Wildman–Crippen LogP) is 0.901. The van der Waals surface area contributed by atoms with Crippen molar-refractivity contribution in [1.82, 2.24) is 14.9 Å². The summed E-state index contributed by atoms with van der Waals surface area (Å²) in [6, 6.07) is 0. The second-order valence-corrected chi connectivity index (χ2v) is 3.86. The third-order valence-corrected chi connectivity index (χ3v) is 2.86. The highest BCUT2D eigenvalue weighted by molar-refractivity contribution is 5.81. The summed E-state index contributed by atoms with van der Waals surface area (Å²) in [7, 11) is 0. The Bertz CT molecular complexity index is 403. The number of rotatable bonds is 6. The molecule has 1 rings (SSSR count). The molecule has 18 heavy (non-hydrogen) atoms. The molecule has 0 aliphatic carbocycles. The first kappa shape index (κ1) is 14.2. The van der Waals surface area contributed by atoms with Gasteiger partial charge in [-0.05, 0) is 20.3 Å². The lowest BCUT2D eigenvalue weighted by atomic mass is 10.2. The van der Waals surface area contributed by atoms with E-state index in [9.17, 15) is 4.79 Å². The van der Waals surface area contributed by atoms with Gasteiger partial charge >= 0.3 is 0 Å². The molecular weight excluding hydrogens is 230 g/mol. The summed E-state index contributed by atoms with van der Waals surface area (Å²) < 4.78 is 0. The Morgan fingerprint density at radius 1 is 1.33 bits per heavy atom. The summed E-state index contributed by atoms with van der Waals surface area (Å²) in [5.41, 5.74) is 6.62. The SMILES string of the molecule is CCc1c(N)ncnc1NCC(=O)N(CC)CC. The van der Waals surface area contributed by atoms with E-state index in [1.54, 1.807) is 4.90 Å². The van der Waals surface area contributed by atoms with Crippen LogP contribution in [0.5, 0.6) is 0 Å². The number of hydrogen-bond donors (Lipinski definition) is 2. The molecule has 0 fully saturated rings. The summed E-state index contributed by atoms with van der Waals surface area (Å²) in [4.78, 5) is 21.7. The molecule has 0 saturated heterocycles. The molecule has 0 aliphatic heterocycles. The summed E-state index contributed by atoms with van der Waals surface area (Å²) in [6.45, 7) is 7.55. The standard InChI is InChI=1S/C12H21N5O/c1-4-9-11(13)15-8-16-12(9)14-7-10(18)17(5-2)6-3/h8H,4-7H2,1-3H3,(H3,13,14,15,16). The fraction of sp³-hybridized carbons (Fsp3) is 0.583. The average molecular weight is 251 g/mol. The highest BCUT2D eigenvalue weighted by Gasteiger charge is 2.11. The van der Waals surface area contributed by atoms with E-state index >= 15 is 0 Å². The molecule has 1 aromatic heterocycles. The maximum absolute atomic E-state index is 11.9. The fourth-order valence-electron chi connectivity index (χ4n) is 1.77. The van der Waals surface area contributed by atoms with Crippen LogP contribution in [0.2, 0.25) is 0 Å². The topological polar surface area (TPSA) is 84.1 Å². The molecule has 1 heterocycles. The van der Waals surface area contributed by atoms with Crippen LogP contribution in [-0.4, -0.2) is 40.4 Å². The Hall–Kier alpha value is -1.85. The zero-order valence-corrected chi connectivity index (χ0v) is 11.2. The minimum absolute atomic E-state index is 0.0548. The van der Waals surface area contributed by atoms with Gasteiger partial charge in [0.2, 0.25) is 5.91 Å². The van der Waals surface area contributed by atoms with Gasteiger partial charge in [0, 0.05) is 18.7 Å². The summed E-state index contributed by atoms with van der Waals surface area (Å²) in [5.74, 6) is 1.16. The number of nitrogen functional groups attached to an aromatic ring is 1. The molecule has 6 nitrogen and oxygen atoms in total. The van der Waals surface area contributed by atoms with Gasteiger partial charge < -0.3 is 16.0 Å². The van der Waals surface area contributed by atoms with Crippen molar-refractivity contribution in [2.24, 2.45) is 0 Å². The average Bonchev–Trinajstić information content (AvgIpc) is 2.37. The van der Waals surface area contributed by atoms with Crippen LogP contribution in [0.1, 0.15) is 26.3 Å². The number of hydrogen-bond acceptors (Lipinski definition) is 5. The third kappa shape index (κ3) is 3.32. The van der Waals surface area contributed by atoms with E-state index in [0.29, 0.717) is 24.7 Å². The van der Waals surface area contributed by atoms with Crippen molar-refractivity contribution in [1.29, 1.82) is 0 Å². The van der Waals surface area contributed by atoms with E-state index < -0.39 is 0 Å². The van der Waals surface area contributed by atoms with Gasteiger partial charge in [-0.1, -0.05) is 6.92 Å². The van der Waals surface area contributed by atoms with Gasteiger partial charge in [0.15, 0.2) is 0 Å². The number of nitrogens with zero attached hydrogens (tertiary/aromatic N) is 3. The van der Waals surface area contributed by atoms with Crippen LogP contribution in [0.3, 0.4) is 0 Å². The quantitative estimate of drug-likeness (QED) is 0.784. The summed E-state index contributed by atoms with van der Waals surface area (Å²) in [6.07, 6.45) is 2.13. The summed E-state index contributed by atoms with van der Waals surface area (Å²) in [5, 5.41) is 3.03. The molecule has 6 heteroatoms. The lowest BCUT2D eigenvalue weighted by molar-refractivity contribution is -0.128. The van der Waals surface area contributed by atoms with E-state index in [4.69, 9.17) is 5.73 Å². The number of likely N-dealkylation sites (N-methyl/N-ethyl adjacent to an activating group) is 1. The normalized spacial score (nSPS) is 10.2. The largest absolute Gasteiger partial charge is 0.383 e. The van der Waals surface area contributed by atoms with Gasteiger partial charge in [-0.25, -0.2) is 9.97 Å². The van der Waals surface area contributed by atoms with E-state index in [0.717, 1.165) is 12.0 Å². The first-order valence-electron chi connectivity index (χ1n) is 6.24. The second-order valence-electron chi connectivity index (χ2n) is 3.86. The molecule has 1 aromatic rings. The number of aromatic nitrogens is 2. The first-order chi connectivity index (χ1) is 8.63. The van der Waals surface area contributed by atoms with Crippen LogP contribution in [0.15, 0.2) is 6.33 Å². The van der Waals surface area contributed by atoms with Crippen LogP contribution in [0.4, 0.5) is 11.6 Å². The molecule has 0 bridgehead atoms. The molecule has 3 N–H and O–H groups in total. The molecule has 0 radical (unpaired) electrons. The smallest absolute Gasteiger partial charge is 0.241 e. The molecule has 0 atom stereocenters. The van der Waals surface area contributed by atoms with Gasteiger partial charge in [-0.3, -0.25) is 4.79 Å². The van der Waals surface area contributed by atoms with Gasteiger partial charge in [0.1, 0.15) is 18.0 Å². The molecule has 100 valence electrons. The number of nitrogens with two attached hydrogens (primary N) is 1. The van der Waals surface area contributed by atoms with Crippen molar-refractivity contribution in [2.75, 3.05) is 30.7 Å². The number of nitrogens with one attached hydrogen (secondary N) is 1. The van der Waals surface area contributed by atoms with E-state index in [1.807, 2.05) is 20.8 Å². The van der Waals surface area contributed by atoms with E-state index in [1.165, 1.54) is 6.33 Å². The van der Waals surface area contributed by atoms with Crippen molar-refractivity contribution >= 4 is 17.5 Å². The van der Waals surface area contributed by atoms with Crippen LogP contribution in [0, 0.1) is 0 Å². The molecule has 0 aliphatic rings. The van der Waals surface area contributed by atoms with Gasteiger partial charge in [0.25, 0.3) is 0 Å². The molecule has 0 saturated carbocycles. The maximum Gasteiger partial charge on any atom is 0.241 e. The van der Waals surface area contributed by atoms with Crippen LogP contribution in [-0.2, 0) is 11.2 Å². The van der Waals surface area contributed by atoms with Gasteiger partial charge in [-0.2, -0.15) is 0 Å². The summed E-state index contributed by atoms with van der Waals surface area (Å²) >= 11 is 0. The van der Waals surface area contributed by atoms with Crippen molar-refractivity contribution in [3.63, 3.8) is 0 Å². The van der Waals surface area contributed by atoms with Crippen molar-refractivity contribution in [3.05, 3.63) is 11.9 Å². The fourth-order valence-corrected chi connectivity index (χ4v) is 1.77. The van der Waals surface area contributed by atoms with Crippen LogP contribution >= 0.6 is 0 Å². The zero-order chi connectivity index (χ0) is 13.5. The van der Waals surface area contributed by atoms with Crippen LogP contribution < -0.4 is 11.1 Å². The molecule has 0 spiro atoms. The van der Waals surface area contributed by atoms with Crippen molar-refractivity contribution in [3.8, 4) is 0 Å². The lowest BCUT2D eigenvalue weighted by Gasteiger charge is -2.19. The molecule has 0 unspecified atom stereocenters. The van der Waals surface area contributed by atoms with Gasteiger partial charge in [-0.15, -0.1) is 0 Å². The molecular formula is C12H21N5O. The van der Waals surface area contributed by atoms with E-state index in [-0.39, 0.29) is 12.5 Å². The maximum atomic E-state index is 11.9. The van der Waals surface area contributed by atoms with Crippen molar-refractivity contribution in [2.45, 2.75) is 27.2 Å². The first-order valence-corrected chi connectivity index (χ1v) is 6.24. The Morgan fingerprint density at radius 3 is 2.56 bits per heavy atom. The number of amides is 1. The van der Waals surface area contributed by atoms with Crippen molar-refractivity contribution < 1.29 is 4.79 Å². The van der Waals surface area contributed by atoms with E-state index in [2.05, 4.69) is 15.3 Å². The third-order valence-electron chi connectivity index (χ3n) is 2.86. The zero-order valence-electron chi connectivity index (χ0n) is 11.2. The highest BCUT2D eigenvalue weighted by Crippen LogP contribution is 2.17. The van der Waals surface area contributed by atoms with Gasteiger partial charge in [0.05, 0.1) is 6.54 Å². The Labute approximate surface area is 108 Å². The number of anilines is 2. The molecule has 1 amide bonds. The minimum Gasteiger partial charge on any atom is -0.383 e. The predicted molar refractivity (Wildman–Crippen MR) is 72.2 cm³/mol. The lowest BCUT2D eigenvalue weighted by Crippen LogP contribution is -2.35. The number of carbonyl (C=O) groups excluding carboxylic acids is 1. The Kier molecular flexibility index (Phi) is 5.35. The Balaban J connectivity index is 2.69. The molecule has 0 aromatic carbocycles. The minimum atomic E-state index is 0.0548. The Morgan fingerprint density at radius 2 is 2.00 bits per heavy atom. The highest BCUT2D eigenvalue weighted by atomic mass is 16.2.